The summed E-state index contributed by atoms with van der Waals surface area (Å²) >= 11 is 0. The summed E-state index contributed by atoms with van der Waals surface area (Å²) in [7, 11) is -1.34. The summed E-state index contributed by atoms with van der Waals surface area (Å²) in [6.07, 6.45) is 3.74. The monoisotopic (exact) mass is 627 g/mol. The number of fused-ring (bicyclic) bond motifs is 9. The number of benzene rings is 2. The van der Waals surface area contributed by atoms with Gasteiger partial charge in [0.1, 0.15) is 17.2 Å². The normalized spacial score (nSPS) is 18.2. The fourth-order valence-electron chi connectivity index (χ4n) is 6.17. The number of phosphoric acid groups is 1. The number of aromatic nitrogens is 4. The molecule has 2 aromatic carbocycles. The van der Waals surface area contributed by atoms with E-state index >= 15 is 0 Å². The maximum Gasteiger partial charge on any atom is 0.475 e. The summed E-state index contributed by atoms with van der Waals surface area (Å²) < 4.78 is 61.9. The van der Waals surface area contributed by atoms with Crippen molar-refractivity contribution in [1.29, 1.82) is 0 Å². The molecule has 0 saturated heterocycles. The van der Waals surface area contributed by atoms with Gasteiger partial charge in [0.05, 0.1) is 23.1 Å². The second-order valence-electron chi connectivity index (χ2n) is 11.4. The summed E-state index contributed by atoms with van der Waals surface area (Å²) in [6.45, 7) is 4.13. The average molecular weight is 628 g/mol. The summed E-state index contributed by atoms with van der Waals surface area (Å²) in [5.74, 6) is 0.700. The predicted octanol–water partition coefficient (Wildman–Crippen LogP) is 6.65. The van der Waals surface area contributed by atoms with Crippen molar-refractivity contribution >= 4 is 24.8 Å². The molecule has 2 aliphatic heterocycles. The van der Waals surface area contributed by atoms with Crippen molar-refractivity contribution in [2.45, 2.75) is 64.5 Å². The van der Waals surface area contributed by atoms with Gasteiger partial charge in [-0.25, -0.2) is 19.5 Å². The number of rotatable bonds is 9. The number of imidazole rings is 1. The van der Waals surface area contributed by atoms with Crippen molar-refractivity contribution in [3.05, 3.63) is 71.6 Å². The number of amides is 1. The molecule has 4 heterocycles. The van der Waals surface area contributed by atoms with Crippen LogP contribution in [0.25, 0.3) is 22.2 Å². The molecular formula is C30H32F2N5O6P. The highest BCUT2D eigenvalue weighted by molar-refractivity contribution is 7.48. The van der Waals surface area contributed by atoms with E-state index in [0.29, 0.717) is 34.5 Å². The second-order valence-corrected chi connectivity index (χ2v) is 13.2. The molecule has 0 unspecified atom stereocenters. The summed E-state index contributed by atoms with van der Waals surface area (Å²) in [5, 5.41) is 0. The van der Waals surface area contributed by atoms with Crippen molar-refractivity contribution in [2.24, 2.45) is 0 Å². The molecule has 14 heteroatoms. The summed E-state index contributed by atoms with van der Waals surface area (Å²) in [4.78, 5) is 29.4. The molecule has 1 amide bonds. The van der Waals surface area contributed by atoms with Gasteiger partial charge in [-0.2, -0.15) is 8.78 Å². The third-order valence-electron chi connectivity index (χ3n) is 8.06. The Morgan fingerprint density at radius 1 is 1.02 bits per heavy atom. The number of halogens is 2. The van der Waals surface area contributed by atoms with E-state index in [-0.39, 0.29) is 29.6 Å². The van der Waals surface area contributed by atoms with Gasteiger partial charge >= 0.3 is 14.4 Å². The van der Waals surface area contributed by atoms with Gasteiger partial charge in [-0.3, -0.25) is 18.4 Å². The molecule has 2 aromatic heterocycles. The number of hydrogen-bond acceptors (Lipinski definition) is 9. The molecule has 2 bridgehead atoms. The zero-order chi connectivity index (χ0) is 31.6. The van der Waals surface area contributed by atoms with Crippen molar-refractivity contribution in [1.82, 2.24) is 24.4 Å². The Morgan fingerprint density at radius 2 is 1.73 bits per heavy atom. The van der Waals surface area contributed by atoms with Crippen LogP contribution in [0.4, 0.5) is 8.78 Å². The maximum atomic E-state index is 13.8. The summed E-state index contributed by atoms with van der Waals surface area (Å²) in [5.41, 5.74) is 2.54. The first-order valence-electron chi connectivity index (χ1n) is 14.0. The van der Waals surface area contributed by atoms with E-state index in [1.807, 2.05) is 36.6 Å². The maximum absolute atomic E-state index is 13.8. The third kappa shape index (κ3) is 4.97. The van der Waals surface area contributed by atoms with Crippen LogP contribution in [-0.4, -0.2) is 57.2 Å². The lowest BCUT2D eigenvalue weighted by molar-refractivity contribution is -0.0507. The van der Waals surface area contributed by atoms with E-state index < -0.39 is 26.1 Å². The number of hydrogen-bond donors (Lipinski definition) is 0. The number of carbonyl (C=O) groups is 1. The van der Waals surface area contributed by atoms with Gasteiger partial charge in [0.25, 0.3) is 5.91 Å². The molecule has 4 aromatic rings. The molecule has 44 heavy (non-hydrogen) atoms. The van der Waals surface area contributed by atoms with Crippen LogP contribution >= 0.6 is 7.82 Å². The van der Waals surface area contributed by atoms with E-state index in [1.165, 1.54) is 20.3 Å². The minimum atomic E-state index is -3.79. The van der Waals surface area contributed by atoms with E-state index in [2.05, 4.69) is 9.97 Å². The van der Waals surface area contributed by atoms with Crippen LogP contribution in [0.3, 0.4) is 0 Å². The quantitative estimate of drug-likeness (QED) is 0.188. The molecular weight excluding hydrogens is 595 g/mol. The topological polar surface area (TPSA) is 118 Å². The highest BCUT2D eigenvalue weighted by Crippen LogP contribution is 2.53. The van der Waals surface area contributed by atoms with Crippen molar-refractivity contribution in [3.8, 4) is 16.9 Å². The smallest absolute Gasteiger partial charge is 0.434 e. The minimum Gasteiger partial charge on any atom is -0.434 e. The molecule has 0 spiro atoms. The van der Waals surface area contributed by atoms with Gasteiger partial charge in [0, 0.05) is 55.8 Å². The van der Waals surface area contributed by atoms with Crippen LogP contribution in [0.5, 0.6) is 5.75 Å². The number of alkyl halides is 2. The minimum absolute atomic E-state index is 0.0219. The Bertz CT molecular complexity index is 1790. The number of phosphoric ester groups is 1. The van der Waals surface area contributed by atoms with E-state index in [9.17, 15) is 18.1 Å². The number of nitrogens with zero attached hydrogens (tertiary/aromatic N) is 5. The highest BCUT2D eigenvalue weighted by Gasteiger charge is 2.47. The van der Waals surface area contributed by atoms with Crippen molar-refractivity contribution < 1.29 is 36.4 Å². The molecule has 11 nitrogen and oxygen atoms in total. The van der Waals surface area contributed by atoms with Gasteiger partial charge in [0.2, 0.25) is 0 Å². The predicted molar refractivity (Wildman–Crippen MR) is 156 cm³/mol. The van der Waals surface area contributed by atoms with Crippen molar-refractivity contribution in [2.75, 3.05) is 14.2 Å². The van der Waals surface area contributed by atoms with E-state index in [4.69, 9.17) is 23.3 Å². The molecule has 2 atom stereocenters. The molecule has 2 aliphatic rings. The Hall–Kier alpha value is -3.77. The molecule has 0 N–H and O–H groups in total. The Labute approximate surface area is 252 Å². The fourth-order valence-corrected chi connectivity index (χ4v) is 7.11. The molecule has 6 rings (SSSR count). The van der Waals surface area contributed by atoms with E-state index in [1.54, 1.807) is 43.3 Å². The van der Waals surface area contributed by atoms with Gasteiger partial charge in [-0.15, -0.1) is 0 Å². The Kier molecular flexibility index (Phi) is 7.56. The first-order chi connectivity index (χ1) is 20.9. The lowest BCUT2D eigenvalue weighted by atomic mass is 9.97. The van der Waals surface area contributed by atoms with Crippen LogP contribution in [-0.2, 0) is 23.7 Å². The van der Waals surface area contributed by atoms with E-state index in [0.717, 1.165) is 11.1 Å². The third-order valence-corrected chi connectivity index (χ3v) is 9.63. The van der Waals surface area contributed by atoms with Crippen LogP contribution in [0.15, 0.2) is 48.8 Å². The average Bonchev–Trinajstić information content (AvgIpc) is 3.49. The summed E-state index contributed by atoms with van der Waals surface area (Å²) in [6, 6.07) is 9.45. The van der Waals surface area contributed by atoms with Gasteiger partial charge in [-0.05, 0) is 57.5 Å². The van der Waals surface area contributed by atoms with Gasteiger partial charge in [-0.1, -0.05) is 12.1 Å². The lowest BCUT2D eigenvalue weighted by Gasteiger charge is -2.31. The lowest BCUT2D eigenvalue weighted by Crippen LogP contribution is -2.39. The van der Waals surface area contributed by atoms with Crippen LogP contribution in [0.2, 0.25) is 0 Å². The van der Waals surface area contributed by atoms with Gasteiger partial charge < -0.3 is 14.2 Å². The van der Waals surface area contributed by atoms with Crippen LogP contribution in [0.1, 0.15) is 73.8 Å². The van der Waals surface area contributed by atoms with Crippen LogP contribution < -0.4 is 4.74 Å². The Balaban J connectivity index is 1.44. The first-order valence-corrected chi connectivity index (χ1v) is 15.5. The fraction of sp³-hybridized carbons (Fsp3) is 0.400. The second kappa shape index (κ2) is 11.0. The highest BCUT2D eigenvalue weighted by atomic mass is 31.2. The molecule has 232 valence electrons. The Morgan fingerprint density at radius 3 is 2.36 bits per heavy atom. The molecule has 0 fully saturated rings. The SMILES string of the molecule is COP(=O)(OC)OC(C)(C)c1ncc(-c2ccc3nc4n(c3c2)[C@@H]2C[C@H]4N(C(C)C)C(=O)c3cccc(OC(F)F)c32)cn1. The van der Waals surface area contributed by atoms with Crippen molar-refractivity contribution in [3.63, 3.8) is 0 Å². The zero-order valence-corrected chi connectivity index (χ0v) is 25.9. The molecule has 0 saturated carbocycles. The van der Waals surface area contributed by atoms with Crippen LogP contribution in [0, 0.1) is 0 Å². The standard InChI is InChI=1S/C30H32F2N5O6P/c1-16(2)36-23-13-22(25-19(27(36)38)8-7-9-24(25)42-29(31)32)37-21-12-17(10-11-20(21)35-26(23)37)18-14-33-28(34-15-18)30(3,4)43-44(39,40-5)41-6/h7-12,14-16,22-23,29H,13H2,1-6H3/t22-,23-/m1/s1. The van der Waals surface area contributed by atoms with Gasteiger partial charge in [0.15, 0.2) is 5.82 Å². The number of carbonyl (C=O) groups excluding carboxylic acids is 1. The molecule has 0 radical (unpaired) electrons. The molecule has 0 aliphatic carbocycles. The number of ether oxygens (including phenoxy) is 1. The first kappa shape index (κ1) is 30.3. The largest absolute Gasteiger partial charge is 0.475 e. The zero-order valence-electron chi connectivity index (χ0n) is 25.0.